The van der Waals surface area contributed by atoms with Gasteiger partial charge >= 0.3 is 0 Å². The Labute approximate surface area is 95.7 Å². The van der Waals surface area contributed by atoms with E-state index >= 15 is 0 Å². The van der Waals surface area contributed by atoms with Crippen LogP contribution in [0.5, 0.6) is 0 Å². The van der Waals surface area contributed by atoms with Crippen LogP contribution in [0.2, 0.25) is 0 Å². The standard InChI is InChI=1S/C12H16N4/c1-9-3-2-4-16(8-9)12-10(6-13)5-11(14)7-15-12/h5,7,9H,2-4,8,14H2,1H3. The molecular formula is C12H16N4. The van der Waals surface area contributed by atoms with Gasteiger partial charge in [0.25, 0.3) is 0 Å². The molecule has 4 heteroatoms. The number of aromatic nitrogens is 1. The summed E-state index contributed by atoms with van der Waals surface area (Å²) in [7, 11) is 0. The maximum Gasteiger partial charge on any atom is 0.146 e. The summed E-state index contributed by atoms with van der Waals surface area (Å²) in [5, 5.41) is 9.07. The first kappa shape index (κ1) is 10.7. The van der Waals surface area contributed by atoms with Crippen molar-refractivity contribution in [2.24, 2.45) is 5.92 Å². The van der Waals surface area contributed by atoms with Crippen LogP contribution < -0.4 is 10.6 Å². The number of nitrogens with two attached hydrogens (primary N) is 1. The van der Waals surface area contributed by atoms with E-state index in [1.165, 1.54) is 6.42 Å². The van der Waals surface area contributed by atoms with Crippen LogP contribution in [0.3, 0.4) is 0 Å². The van der Waals surface area contributed by atoms with E-state index in [1.807, 2.05) is 0 Å². The van der Waals surface area contributed by atoms with Gasteiger partial charge in [0.2, 0.25) is 0 Å². The Morgan fingerprint density at radius 1 is 1.62 bits per heavy atom. The van der Waals surface area contributed by atoms with Crippen LogP contribution in [0.1, 0.15) is 25.3 Å². The average Bonchev–Trinajstić information content (AvgIpc) is 2.28. The van der Waals surface area contributed by atoms with E-state index in [1.54, 1.807) is 12.3 Å². The lowest BCUT2D eigenvalue weighted by Crippen LogP contribution is -2.35. The van der Waals surface area contributed by atoms with Crippen molar-refractivity contribution in [1.29, 1.82) is 5.26 Å². The van der Waals surface area contributed by atoms with Crippen LogP contribution >= 0.6 is 0 Å². The molecule has 1 fully saturated rings. The molecule has 2 rings (SSSR count). The normalized spacial score (nSPS) is 20.5. The highest BCUT2D eigenvalue weighted by Crippen LogP contribution is 2.24. The van der Waals surface area contributed by atoms with Crippen LogP contribution in [-0.4, -0.2) is 18.1 Å². The maximum atomic E-state index is 9.07. The molecule has 0 amide bonds. The minimum absolute atomic E-state index is 0.547. The quantitative estimate of drug-likeness (QED) is 0.777. The molecule has 1 aliphatic heterocycles. The van der Waals surface area contributed by atoms with Gasteiger partial charge in [0.15, 0.2) is 0 Å². The third-order valence-corrected chi connectivity index (χ3v) is 2.96. The number of nitrogen functional groups attached to an aromatic ring is 1. The van der Waals surface area contributed by atoms with Gasteiger partial charge in [0.1, 0.15) is 11.9 Å². The largest absolute Gasteiger partial charge is 0.397 e. The van der Waals surface area contributed by atoms with Crippen LogP contribution in [-0.2, 0) is 0 Å². The first-order valence-electron chi connectivity index (χ1n) is 5.61. The zero-order chi connectivity index (χ0) is 11.5. The van der Waals surface area contributed by atoms with E-state index < -0.39 is 0 Å². The molecule has 16 heavy (non-hydrogen) atoms. The molecule has 4 nitrogen and oxygen atoms in total. The highest BCUT2D eigenvalue weighted by atomic mass is 15.2. The molecule has 0 radical (unpaired) electrons. The summed E-state index contributed by atoms with van der Waals surface area (Å²) in [5.74, 6) is 1.45. The van der Waals surface area contributed by atoms with Gasteiger partial charge in [-0.15, -0.1) is 0 Å². The number of anilines is 2. The van der Waals surface area contributed by atoms with Gasteiger partial charge < -0.3 is 10.6 Å². The second-order valence-corrected chi connectivity index (χ2v) is 4.45. The molecule has 0 spiro atoms. The van der Waals surface area contributed by atoms with Crippen molar-refractivity contribution in [3.8, 4) is 6.07 Å². The Kier molecular flexibility index (Phi) is 2.95. The van der Waals surface area contributed by atoms with E-state index in [2.05, 4.69) is 22.9 Å². The van der Waals surface area contributed by atoms with Crippen molar-refractivity contribution in [2.75, 3.05) is 23.7 Å². The maximum absolute atomic E-state index is 9.07. The van der Waals surface area contributed by atoms with Crippen molar-refractivity contribution in [3.05, 3.63) is 17.8 Å². The number of nitrogens with zero attached hydrogens (tertiary/aromatic N) is 3. The Balaban J connectivity index is 2.29. The number of rotatable bonds is 1. The van der Waals surface area contributed by atoms with E-state index in [-0.39, 0.29) is 0 Å². The molecule has 0 bridgehead atoms. The molecular weight excluding hydrogens is 200 g/mol. The minimum atomic E-state index is 0.547. The van der Waals surface area contributed by atoms with Gasteiger partial charge in [0, 0.05) is 13.1 Å². The predicted molar refractivity (Wildman–Crippen MR) is 64.0 cm³/mol. The molecule has 1 saturated heterocycles. The lowest BCUT2D eigenvalue weighted by Gasteiger charge is -2.32. The second kappa shape index (κ2) is 4.40. The molecule has 2 N–H and O–H groups in total. The third kappa shape index (κ3) is 2.08. The number of nitriles is 1. The topological polar surface area (TPSA) is 65.9 Å². The van der Waals surface area contributed by atoms with Crippen LogP contribution in [0.15, 0.2) is 12.3 Å². The molecule has 0 aromatic carbocycles. The predicted octanol–water partition coefficient (Wildman–Crippen LogP) is 1.77. The van der Waals surface area contributed by atoms with Gasteiger partial charge in [-0.25, -0.2) is 4.98 Å². The zero-order valence-corrected chi connectivity index (χ0v) is 9.48. The minimum Gasteiger partial charge on any atom is -0.397 e. The van der Waals surface area contributed by atoms with Crippen molar-refractivity contribution >= 4 is 11.5 Å². The van der Waals surface area contributed by atoms with Gasteiger partial charge in [-0.05, 0) is 24.8 Å². The van der Waals surface area contributed by atoms with E-state index in [0.717, 1.165) is 25.3 Å². The van der Waals surface area contributed by atoms with E-state index in [9.17, 15) is 0 Å². The second-order valence-electron chi connectivity index (χ2n) is 4.45. The van der Waals surface area contributed by atoms with Crippen LogP contribution in [0, 0.1) is 17.2 Å². The summed E-state index contributed by atoms with van der Waals surface area (Å²) in [6.07, 6.45) is 4.04. The molecule has 0 saturated carbocycles. The van der Waals surface area contributed by atoms with Crippen molar-refractivity contribution in [2.45, 2.75) is 19.8 Å². The lowest BCUT2D eigenvalue weighted by molar-refractivity contribution is 0.444. The molecule has 84 valence electrons. The van der Waals surface area contributed by atoms with E-state index in [0.29, 0.717) is 17.2 Å². The van der Waals surface area contributed by atoms with Crippen LogP contribution in [0.25, 0.3) is 0 Å². The third-order valence-electron chi connectivity index (χ3n) is 2.96. The molecule has 1 aromatic heterocycles. The monoisotopic (exact) mass is 216 g/mol. The molecule has 1 atom stereocenters. The van der Waals surface area contributed by atoms with Crippen molar-refractivity contribution < 1.29 is 0 Å². The number of pyridine rings is 1. The Hall–Kier alpha value is -1.76. The average molecular weight is 216 g/mol. The molecule has 2 heterocycles. The number of hydrogen-bond acceptors (Lipinski definition) is 4. The summed E-state index contributed by atoms with van der Waals surface area (Å²) in [4.78, 5) is 6.47. The molecule has 0 aliphatic carbocycles. The first-order valence-corrected chi connectivity index (χ1v) is 5.61. The van der Waals surface area contributed by atoms with Gasteiger partial charge in [-0.3, -0.25) is 0 Å². The first-order chi connectivity index (χ1) is 7.70. The zero-order valence-electron chi connectivity index (χ0n) is 9.48. The summed E-state index contributed by atoms with van der Waals surface area (Å²) in [6.45, 7) is 4.19. The summed E-state index contributed by atoms with van der Waals surface area (Å²) in [6, 6.07) is 3.86. The Morgan fingerprint density at radius 2 is 2.44 bits per heavy atom. The van der Waals surface area contributed by atoms with E-state index in [4.69, 9.17) is 11.0 Å². The highest BCUT2D eigenvalue weighted by molar-refractivity contribution is 5.59. The molecule has 1 aliphatic rings. The molecule has 1 aromatic rings. The molecule has 1 unspecified atom stereocenters. The smallest absolute Gasteiger partial charge is 0.146 e. The summed E-state index contributed by atoms with van der Waals surface area (Å²) < 4.78 is 0. The van der Waals surface area contributed by atoms with Gasteiger partial charge in [-0.1, -0.05) is 6.92 Å². The summed E-state index contributed by atoms with van der Waals surface area (Å²) >= 11 is 0. The fourth-order valence-corrected chi connectivity index (χ4v) is 2.19. The number of piperidine rings is 1. The fraction of sp³-hybridized carbons (Fsp3) is 0.500. The van der Waals surface area contributed by atoms with Crippen LogP contribution in [0.4, 0.5) is 11.5 Å². The highest BCUT2D eigenvalue weighted by Gasteiger charge is 2.19. The Bertz CT molecular complexity index is 422. The Morgan fingerprint density at radius 3 is 3.12 bits per heavy atom. The lowest BCUT2D eigenvalue weighted by atomic mass is 10.00. The summed E-state index contributed by atoms with van der Waals surface area (Å²) in [5.41, 5.74) is 6.75. The number of hydrogen-bond donors (Lipinski definition) is 1. The fourth-order valence-electron chi connectivity index (χ4n) is 2.19. The van der Waals surface area contributed by atoms with Gasteiger partial charge in [0.05, 0.1) is 17.4 Å². The SMILES string of the molecule is CC1CCCN(c2ncc(N)cc2C#N)C1. The van der Waals surface area contributed by atoms with Gasteiger partial charge in [-0.2, -0.15) is 5.26 Å². The van der Waals surface area contributed by atoms with Crippen molar-refractivity contribution in [3.63, 3.8) is 0 Å². The van der Waals surface area contributed by atoms with Crippen molar-refractivity contribution in [1.82, 2.24) is 4.98 Å².